The van der Waals surface area contributed by atoms with Gasteiger partial charge in [0, 0.05) is 31.4 Å². The molecule has 9 heteroatoms. The van der Waals surface area contributed by atoms with Crippen LogP contribution in [-0.2, 0) is 14.8 Å². The van der Waals surface area contributed by atoms with Gasteiger partial charge in [0.15, 0.2) is 0 Å². The predicted molar refractivity (Wildman–Crippen MR) is 90.4 cm³/mol. The number of fused-ring (bicyclic) bond motifs is 1. The number of nitrogens with one attached hydrogen (secondary N) is 3. The fourth-order valence-corrected chi connectivity index (χ4v) is 4.22. The summed E-state index contributed by atoms with van der Waals surface area (Å²) in [5.74, 6) is 0. The minimum Gasteiger partial charge on any atom is -0.383 e. The summed E-state index contributed by atoms with van der Waals surface area (Å²) in [4.78, 5) is 7.23. The topological polar surface area (TPSA) is 96.1 Å². The van der Waals surface area contributed by atoms with Gasteiger partial charge in [-0.1, -0.05) is 0 Å². The second-order valence-corrected chi connectivity index (χ2v) is 7.36. The van der Waals surface area contributed by atoms with Gasteiger partial charge in [-0.25, -0.2) is 18.1 Å². The molecule has 0 amide bonds. The van der Waals surface area contributed by atoms with Gasteiger partial charge in [-0.15, -0.1) is 12.4 Å². The normalized spacial score (nSPS) is 21.4. The van der Waals surface area contributed by atoms with E-state index in [1.165, 1.54) is 6.20 Å². The van der Waals surface area contributed by atoms with Crippen LogP contribution in [0, 0.1) is 0 Å². The van der Waals surface area contributed by atoms with Crippen LogP contribution >= 0.6 is 12.4 Å². The first-order chi connectivity index (χ1) is 10.6. The van der Waals surface area contributed by atoms with Crippen molar-refractivity contribution in [2.24, 2.45) is 0 Å². The quantitative estimate of drug-likeness (QED) is 0.715. The summed E-state index contributed by atoms with van der Waals surface area (Å²) in [6.07, 6.45) is 5.00. The molecule has 0 aromatic carbocycles. The van der Waals surface area contributed by atoms with Crippen LogP contribution in [0.2, 0.25) is 0 Å². The molecule has 0 saturated carbocycles. The van der Waals surface area contributed by atoms with Crippen LogP contribution in [0.15, 0.2) is 29.4 Å². The third-order valence-corrected chi connectivity index (χ3v) is 5.50. The average Bonchev–Trinajstić information content (AvgIpc) is 3.13. The van der Waals surface area contributed by atoms with Crippen LogP contribution in [0.25, 0.3) is 11.0 Å². The third-order valence-electron chi connectivity index (χ3n) is 4.06. The van der Waals surface area contributed by atoms with E-state index in [0.717, 1.165) is 19.4 Å². The van der Waals surface area contributed by atoms with Crippen molar-refractivity contribution in [3.05, 3.63) is 24.5 Å². The van der Waals surface area contributed by atoms with Crippen LogP contribution in [0.4, 0.5) is 0 Å². The Kier molecular flexibility index (Phi) is 5.64. The molecule has 1 aliphatic rings. The van der Waals surface area contributed by atoms with E-state index >= 15 is 0 Å². The van der Waals surface area contributed by atoms with Crippen molar-refractivity contribution in [1.82, 2.24) is 20.0 Å². The number of H-pyrrole nitrogens is 1. The Morgan fingerprint density at radius 1 is 1.48 bits per heavy atom. The van der Waals surface area contributed by atoms with Gasteiger partial charge in [0.25, 0.3) is 0 Å². The summed E-state index contributed by atoms with van der Waals surface area (Å²) in [5.41, 5.74) is 0.236. The highest BCUT2D eigenvalue weighted by Crippen LogP contribution is 2.23. The Labute approximate surface area is 141 Å². The Hall–Kier alpha value is -1.19. The number of aromatic amines is 1. The van der Waals surface area contributed by atoms with Gasteiger partial charge < -0.3 is 15.0 Å². The standard InChI is InChI=1S/C14H20N4O3S.ClH/c1-21-10-14(5-3-7-17-14)9-18-22(19,20)12-8-16-13-11(12)4-2-6-15-13;/h2,4,6,8,17-18H,3,5,7,9-10H2,1H3,(H,15,16);1H. The van der Waals surface area contributed by atoms with Crippen molar-refractivity contribution in [1.29, 1.82) is 0 Å². The molecule has 3 rings (SSSR count). The van der Waals surface area contributed by atoms with Crippen LogP contribution in [0.1, 0.15) is 12.8 Å². The number of pyridine rings is 1. The number of sulfonamides is 1. The maximum Gasteiger partial charge on any atom is 0.242 e. The maximum absolute atomic E-state index is 12.6. The summed E-state index contributed by atoms with van der Waals surface area (Å²) in [7, 11) is -1.98. The molecule has 128 valence electrons. The smallest absolute Gasteiger partial charge is 0.242 e. The molecule has 1 aliphatic heterocycles. The first-order valence-corrected chi connectivity index (χ1v) is 8.70. The van der Waals surface area contributed by atoms with Gasteiger partial charge in [0.2, 0.25) is 10.0 Å². The molecular formula is C14H21ClN4O3S. The van der Waals surface area contributed by atoms with Crippen LogP contribution in [0.3, 0.4) is 0 Å². The van der Waals surface area contributed by atoms with E-state index in [9.17, 15) is 8.42 Å². The lowest BCUT2D eigenvalue weighted by molar-refractivity contribution is 0.122. The zero-order valence-electron chi connectivity index (χ0n) is 12.8. The van der Waals surface area contributed by atoms with Gasteiger partial charge >= 0.3 is 0 Å². The molecule has 23 heavy (non-hydrogen) atoms. The first-order valence-electron chi connectivity index (χ1n) is 7.22. The lowest BCUT2D eigenvalue weighted by Gasteiger charge is -2.28. The minimum atomic E-state index is -3.60. The highest BCUT2D eigenvalue weighted by molar-refractivity contribution is 7.89. The number of aromatic nitrogens is 2. The number of nitrogens with zero attached hydrogens (tertiary/aromatic N) is 1. The summed E-state index contributed by atoms with van der Waals surface area (Å²) in [5, 5.41) is 3.95. The van der Waals surface area contributed by atoms with Crippen molar-refractivity contribution < 1.29 is 13.2 Å². The zero-order chi connectivity index (χ0) is 15.6. The Morgan fingerprint density at radius 2 is 2.30 bits per heavy atom. The van der Waals surface area contributed by atoms with Gasteiger partial charge in [-0.3, -0.25) is 0 Å². The molecule has 0 aliphatic carbocycles. The highest BCUT2D eigenvalue weighted by Gasteiger charge is 2.35. The zero-order valence-corrected chi connectivity index (χ0v) is 14.5. The second-order valence-electron chi connectivity index (χ2n) is 5.62. The van der Waals surface area contributed by atoms with Gasteiger partial charge in [-0.2, -0.15) is 0 Å². The monoisotopic (exact) mass is 360 g/mol. The van der Waals surface area contributed by atoms with Crippen molar-refractivity contribution in [2.45, 2.75) is 23.3 Å². The van der Waals surface area contributed by atoms with Crippen molar-refractivity contribution in [3.8, 4) is 0 Å². The average molecular weight is 361 g/mol. The highest BCUT2D eigenvalue weighted by atomic mass is 35.5. The maximum atomic E-state index is 12.6. The van der Waals surface area contributed by atoms with E-state index < -0.39 is 10.0 Å². The number of ether oxygens (including phenoxy) is 1. The Balaban J connectivity index is 0.00000192. The Bertz CT molecular complexity index is 756. The molecule has 7 nitrogen and oxygen atoms in total. The molecule has 2 aromatic rings. The predicted octanol–water partition coefficient (Wildman–Crippen LogP) is 1.03. The molecular weight excluding hydrogens is 340 g/mol. The number of rotatable bonds is 6. The van der Waals surface area contributed by atoms with Gasteiger partial charge in [0.1, 0.15) is 10.5 Å². The van der Waals surface area contributed by atoms with E-state index in [2.05, 4.69) is 20.0 Å². The molecule has 1 atom stereocenters. The summed E-state index contributed by atoms with van der Waals surface area (Å²) >= 11 is 0. The van der Waals surface area contributed by atoms with E-state index in [4.69, 9.17) is 4.74 Å². The van der Waals surface area contributed by atoms with E-state index in [0.29, 0.717) is 24.2 Å². The molecule has 0 spiro atoms. The van der Waals surface area contributed by atoms with Crippen LogP contribution < -0.4 is 10.0 Å². The summed E-state index contributed by atoms with van der Waals surface area (Å²) < 4.78 is 33.1. The molecule has 1 fully saturated rings. The van der Waals surface area contributed by atoms with Gasteiger partial charge in [0.05, 0.1) is 12.1 Å². The molecule has 0 radical (unpaired) electrons. The molecule has 1 saturated heterocycles. The Morgan fingerprint density at radius 3 is 3.00 bits per heavy atom. The van der Waals surface area contributed by atoms with E-state index in [-0.39, 0.29) is 22.8 Å². The van der Waals surface area contributed by atoms with Crippen molar-refractivity contribution in [2.75, 3.05) is 26.8 Å². The fraction of sp³-hybridized carbons (Fsp3) is 0.500. The second kappa shape index (κ2) is 7.14. The van der Waals surface area contributed by atoms with Crippen LogP contribution in [0.5, 0.6) is 0 Å². The minimum absolute atomic E-state index is 0. The number of methoxy groups -OCH3 is 1. The number of hydrogen-bond acceptors (Lipinski definition) is 5. The third kappa shape index (κ3) is 3.67. The summed E-state index contributed by atoms with van der Waals surface area (Å²) in [6, 6.07) is 3.46. The molecule has 2 aromatic heterocycles. The number of halogens is 1. The largest absolute Gasteiger partial charge is 0.383 e. The fourth-order valence-electron chi connectivity index (χ4n) is 2.93. The van der Waals surface area contributed by atoms with Crippen LogP contribution in [-0.4, -0.2) is 50.7 Å². The SMILES string of the molecule is COCC1(CNS(=O)(=O)c2c[nH]c3ncccc23)CCCN1.Cl. The lowest BCUT2D eigenvalue weighted by atomic mass is 9.99. The van der Waals surface area contributed by atoms with Crippen molar-refractivity contribution in [3.63, 3.8) is 0 Å². The molecule has 3 N–H and O–H groups in total. The molecule has 0 bridgehead atoms. The van der Waals surface area contributed by atoms with E-state index in [1.807, 2.05) is 0 Å². The van der Waals surface area contributed by atoms with Crippen molar-refractivity contribution >= 4 is 33.5 Å². The lowest BCUT2D eigenvalue weighted by Crippen LogP contribution is -2.52. The van der Waals surface area contributed by atoms with Gasteiger partial charge in [-0.05, 0) is 31.5 Å². The first kappa shape index (κ1) is 18.2. The number of hydrogen-bond donors (Lipinski definition) is 3. The molecule has 3 heterocycles. The van der Waals surface area contributed by atoms with E-state index in [1.54, 1.807) is 25.4 Å². The summed E-state index contributed by atoms with van der Waals surface area (Å²) in [6.45, 7) is 1.66. The molecule has 1 unspecified atom stereocenters.